The van der Waals surface area contributed by atoms with Crippen LogP contribution in [-0.2, 0) is 23.3 Å². The lowest BCUT2D eigenvalue weighted by molar-refractivity contribution is 0.0688. The second-order valence-corrected chi connectivity index (χ2v) is 9.63. The molecule has 0 unspecified atom stereocenters. The molecule has 2 aliphatic carbocycles. The van der Waals surface area contributed by atoms with Gasteiger partial charge in [0.2, 0.25) is 0 Å². The van der Waals surface area contributed by atoms with E-state index in [0.717, 1.165) is 12.8 Å². The van der Waals surface area contributed by atoms with Gasteiger partial charge in [-0.1, -0.05) is 0 Å². The summed E-state index contributed by atoms with van der Waals surface area (Å²) in [7, 11) is -1.64. The highest BCUT2D eigenvalue weighted by molar-refractivity contribution is 7.94. The van der Waals surface area contributed by atoms with Gasteiger partial charge in [-0.05, 0) is 32.1 Å². The predicted octanol–water partition coefficient (Wildman–Crippen LogP) is 0.226. The molecule has 0 atom stereocenters. The van der Waals surface area contributed by atoms with E-state index in [9.17, 15) is 23.1 Å². The molecule has 9 heteroatoms. The number of rotatable bonds is 5. The molecular weight excluding hydrogens is 334 g/mol. The third kappa shape index (κ3) is 2.10. The number of carbonyl (C=O) groups is 2. The fourth-order valence-corrected chi connectivity index (χ4v) is 6.12. The molecule has 2 heterocycles. The van der Waals surface area contributed by atoms with Crippen LogP contribution in [-0.4, -0.2) is 63.2 Å². The maximum absolute atomic E-state index is 12.8. The Hall–Kier alpha value is -1.90. The van der Waals surface area contributed by atoms with Crippen LogP contribution in [0.15, 0.2) is 0 Å². The molecule has 2 saturated carbocycles. The topological polar surface area (TPSA) is 110 Å². The number of carbonyl (C=O) groups excluding carboxylic acids is 1. The fourth-order valence-electron chi connectivity index (χ4n) is 3.64. The average Bonchev–Trinajstić information content (AvgIpc) is 3.40. The maximum atomic E-state index is 12.8. The standard InChI is InChI=1S/C15H19N3O5S/c1-17-12-10(11(16-17)14(20)21)4-7-18(13(12)19)8-15(5-6-15)24(22,23)9-2-3-9/h9H,2-8H2,1H3,(H,20,21). The number of aryl methyl sites for hydroxylation is 1. The van der Waals surface area contributed by atoms with Crippen LogP contribution >= 0.6 is 0 Å². The van der Waals surface area contributed by atoms with E-state index in [4.69, 9.17) is 0 Å². The van der Waals surface area contributed by atoms with Crippen molar-refractivity contribution in [2.45, 2.75) is 42.1 Å². The Morgan fingerprint density at radius 2 is 2.04 bits per heavy atom. The monoisotopic (exact) mass is 353 g/mol. The molecule has 0 aromatic carbocycles. The first-order valence-corrected chi connectivity index (χ1v) is 9.63. The molecule has 1 N–H and O–H groups in total. The van der Waals surface area contributed by atoms with Crippen molar-refractivity contribution < 1.29 is 23.1 Å². The molecule has 0 radical (unpaired) electrons. The molecule has 1 aromatic heterocycles. The van der Waals surface area contributed by atoms with Crippen LogP contribution in [0.3, 0.4) is 0 Å². The number of carboxylic acids is 1. The molecule has 3 aliphatic rings. The molecule has 0 saturated heterocycles. The molecule has 2 fully saturated rings. The summed E-state index contributed by atoms with van der Waals surface area (Å²) in [5.74, 6) is -1.47. The minimum absolute atomic E-state index is 0.0905. The number of carboxylic acid groups (broad SMARTS) is 1. The van der Waals surface area contributed by atoms with Crippen molar-refractivity contribution in [3.05, 3.63) is 17.0 Å². The van der Waals surface area contributed by atoms with E-state index >= 15 is 0 Å². The molecule has 8 nitrogen and oxygen atoms in total. The van der Waals surface area contributed by atoms with Crippen molar-refractivity contribution in [1.29, 1.82) is 0 Å². The number of hydrogen-bond donors (Lipinski definition) is 1. The van der Waals surface area contributed by atoms with Crippen LogP contribution in [0.2, 0.25) is 0 Å². The Kier molecular flexibility index (Phi) is 3.13. The Bertz CT molecular complexity index is 849. The molecule has 24 heavy (non-hydrogen) atoms. The van der Waals surface area contributed by atoms with Crippen LogP contribution < -0.4 is 0 Å². The van der Waals surface area contributed by atoms with Crippen molar-refractivity contribution in [2.75, 3.05) is 13.1 Å². The molecule has 1 aliphatic heterocycles. The van der Waals surface area contributed by atoms with Gasteiger partial charge in [0.05, 0.1) is 10.00 Å². The van der Waals surface area contributed by atoms with Gasteiger partial charge in [-0.25, -0.2) is 13.2 Å². The Labute approximate surface area is 139 Å². The quantitative estimate of drug-likeness (QED) is 0.811. The van der Waals surface area contributed by atoms with E-state index in [2.05, 4.69) is 5.10 Å². The third-order valence-corrected chi connectivity index (χ3v) is 8.42. The second-order valence-electron chi connectivity index (χ2n) is 7.01. The van der Waals surface area contributed by atoms with Gasteiger partial charge in [-0.3, -0.25) is 9.48 Å². The molecule has 0 spiro atoms. The largest absolute Gasteiger partial charge is 0.476 e. The van der Waals surface area contributed by atoms with Crippen LogP contribution in [0.4, 0.5) is 0 Å². The summed E-state index contributed by atoms with van der Waals surface area (Å²) in [4.78, 5) is 25.6. The van der Waals surface area contributed by atoms with Gasteiger partial charge in [0.1, 0.15) is 5.69 Å². The van der Waals surface area contributed by atoms with Crippen LogP contribution in [0, 0.1) is 0 Å². The zero-order chi connectivity index (χ0) is 17.3. The van der Waals surface area contributed by atoms with Gasteiger partial charge < -0.3 is 10.0 Å². The van der Waals surface area contributed by atoms with E-state index in [1.54, 1.807) is 11.9 Å². The molecule has 1 amide bonds. The maximum Gasteiger partial charge on any atom is 0.356 e. The third-order valence-electron chi connectivity index (χ3n) is 5.32. The van der Waals surface area contributed by atoms with Crippen LogP contribution in [0.25, 0.3) is 0 Å². The first kappa shape index (κ1) is 15.6. The highest BCUT2D eigenvalue weighted by atomic mass is 32.2. The highest BCUT2D eigenvalue weighted by Crippen LogP contribution is 2.50. The Morgan fingerprint density at radius 3 is 2.58 bits per heavy atom. The van der Waals surface area contributed by atoms with Crippen molar-refractivity contribution in [1.82, 2.24) is 14.7 Å². The number of aromatic carboxylic acids is 1. The lowest BCUT2D eigenvalue weighted by Crippen LogP contribution is -2.46. The van der Waals surface area contributed by atoms with E-state index in [0.29, 0.717) is 31.4 Å². The SMILES string of the molecule is Cn1nc(C(=O)O)c2c1C(=O)N(CC1(S(=O)(=O)C3CC3)CC1)CC2. The van der Waals surface area contributed by atoms with Crippen molar-refractivity contribution in [3.8, 4) is 0 Å². The van der Waals surface area contributed by atoms with Crippen molar-refractivity contribution in [2.24, 2.45) is 7.05 Å². The summed E-state index contributed by atoms with van der Waals surface area (Å²) in [6.07, 6.45) is 3.05. The average molecular weight is 353 g/mol. The summed E-state index contributed by atoms with van der Waals surface area (Å²) < 4.78 is 25.8. The molecule has 4 rings (SSSR count). The minimum Gasteiger partial charge on any atom is -0.476 e. The van der Waals surface area contributed by atoms with Gasteiger partial charge in [-0.2, -0.15) is 5.10 Å². The first-order valence-electron chi connectivity index (χ1n) is 8.09. The minimum atomic E-state index is -3.18. The lowest BCUT2D eigenvalue weighted by Gasteiger charge is -2.31. The zero-order valence-corrected chi connectivity index (χ0v) is 14.2. The van der Waals surface area contributed by atoms with Gasteiger partial charge in [0.15, 0.2) is 15.5 Å². The smallest absolute Gasteiger partial charge is 0.356 e. The summed E-state index contributed by atoms with van der Waals surface area (Å²) >= 11 is 0. The summed E-state index contributed by atoms with van der Waals surface area (Å²) in [6, 6.07) is 0. The summed E-state index contributed by atoms with van der Waals surface area (Å²) in [5.41, 5.74) is 0.617. The van der Waals surface area contributed by atoms with Crippen LogP contribution in [0.1, 0.15) is 52.2 Å². The summed E-state index contributed by atoms with van der Waals surface area (Å²) in [6.45, 7) is 0.539. The summed E-state index contributed by atoms with van der Waals surface area (Å²) in [5, 5.41) is 12.9. The molecule has 1 aromatic rings. The lowest BCUT2D eigenvalue weighted by atomic mass is 10.0. The predicted molar refractivity (Wildman–Crippen MR) is 83.7 cm³/mol. The highest BCUT2D eigenvalue weighted by Gasteiger charge is 2.60. The number of amides is 1. The fraction of sp³-hybridized carbons (Fsp3) is 0.667. The van der Waals surface area contributed by atoms with E-state index in [1.807, 2.05) is 0 Å². The number of fused-ring (bicyclic) bond motifs is 1. The van der Waals surface area contributed by atoms with E-state index < -0.39 is 20.6 Å². The van der Waals surface area contributed by atoms with Gasteiger partial charge in [-0.15, -0.1) is 0 Å². The van der Waals surface area contributed by atoms with E-state index in [-0.39, 0.29) is 29.1 Å². The van der Waals surface area contributed by atoms with Crippen molar-refractivity contribution in [3.63, 3.8) is 0 Å². The number of aromatic nitrogens is 2. The van der Waals surface area contributed by atoms with Gasteiger partial charge >= 0.3 is 5.97 Å². The van der Waals surface area contributed by atoms with Crippen molar-refractivity contribution >= 4 is 21.7 Å². The number of hydrogen-bond acceptors (Lipinski definition) is 5. The van der Waals surface area contributed by atoms with Crippen LogP contribution in [0.5, 0.6) is 0 Å². The molecule has 130 valence electrons. The first-order chi connectivity index (χ1) is 11.3. The number of nitrogens with zero attached hydrogens (tertiary/aromatic N) is 3. The molecular formula is C15H19N3O5S. The van der Waals surface area contributed by atoms with Gasteiger partial charge in [0, 0.05) is 25.7 Å². The second kappa shape index (κ2) is 4.81. The zero-order valence-electron chi connectivity index (χ0n) is 13.4. The normalized spacial score (nSPS) is 22.4. The van der Waals surface area contributed by atoms with Gasteiger partial charge in [0.25, 0.3) is 5.91 Å². The molecule has 0 bridgehead atoms. The van der Waals surface area contributed by atoms with E-state index in [1.165, 1.54) is 4.68 Å². The number of sulfone groups is 1. The Morgan fingerprint density at radius 1 is 1.38 bits per heavy atom. The Balaban J connectivity index is 1.62.